The van der Waals surface area contributed by atoms with E-state index in [1.165, 1.54) is 5.56 Å². The van der Waals surface area contributed by atoms with Crippen LogP contribution in [0.5, 0.6) is 11.5 Å². The minimum atomic E-state index is -0.0773. The van der Waals surface area contributed by atoms with E-state index in [1.807, 2.05) is 34.7 Å². The van der Waals surface area contributed by atoms with E-state index in [4.69, 9.17) is 9.47 Å². The van der Waals surface area contributed by atoms with Crippen molar-refractivity contribution in [2.75, 3.05) is 13.3 Å². The lowest BCUT2D eigenvalue weighted by molar-refractivity contribution is 0.0727. The van der Waals surface area contributed by atoms with Crippen LogP contribution in [0.15, 0.2) is 53.7 Å². The van der Waals surface area contributed by atoms with Gasteiger partial charge in [-0.3, -0.25) is 4.79 Å². The largest absolute Gasteiger partial charge is 0.454 e. The monoisotopic (exact) mass is 422 g/mol. The molecule has 3 heterocycles. The highest BCUT2D eigenvalue weighted by atomic mass is 32.2. The summed E-state index contributed by atoms with van der Waals surface area (Å²) in [6, 6.07) is 15.6. The molecule has 5 rings (SSSR count). The second-order valence-electron chi connectivity index (χ2n) is 7.40. The van der Waals surface area contributed by atoms with Crippen LogP contribution in [-0.4, -0.2) is 38.9 Å². The number of rotatable bonds is 5. The molecule has 1 saturated heterocycles. The molecule has 2 aromatic carbocycles. The predicted octanol–water partition coefficient (Wildman–Crippen LogP) is 3.81. The Kier molecular flexibility index (Phi) is 5.08. The number of carbonyl (C=O) groups is 1. The molecule has 2 aliphatic heterocycles. The van der Waals surface area contributed by atoms with Crippen molar-refractivity contribution in [2.24, 2.45) is 7.05 Å². The molecule has 1 aromatic heterocycles. The Morgan fingerprint density at radius 3 is 2.83 bits per heavy atom. The standard InChI is InChI=1S/C22H22N4O3S/c1-25-20(23-24-22(25)30-13-15-6-3-2-4-7-15)17-8-5-11-26(17)21(27)16-9-10-18-19(12-16)29-14-28-18/h2-4,6-7,9-10,12,17H,5,8,11,13-14H2,1H3/t17-/m0/s1. The molecule has 154 valence electrons. The van der Waals surface area contributed by atoms with Gasteiger partial charge in [0.05, 0.1) is 6.04 Å². The van der Waals surface area contributed by atoms with Gasteiger partial charge in [-0.05, 0) is 36.6 Å². The fourth-order valence-electron chi connectivity index (χ4n) is 3.94. The summed E-state index contributed by atoms with van der Waals surface area (Å²) in [5, 5.41) is 9.70. The Morgan fingerprint density at radius 1 is 1.13 bits per heavy atom. The summed E-state index contributed by atoms with van der Waals surface area (Å²) in [5.41, 5.74) is 1.85. The van der Waals surface area contributed by atoms with E-state index < -0.39 is 0 Å². The molecule has 3 aromatic rings. The van der Waals surface area contributed by atoms with Crippen LogP contribution < -0.4 is 9.47 Å². The molecule has 2 aliphatic rings. The molecule has 1 fully saturated rings. The number of thioether (sulfide) groups is 1. The van der Waals surface area contributed by atoms with Gasteiger partial charge in [-0.25, -0.2) is 0 Å². The maximum Gasteiger partial charge on any atom is 0.254 e. The summed E-state index contributed by atoms with van der Waals surface area (Å²) in [7, 11) is 1.98. The lowest BCUT2D eigenvalue weighted by atomic mass is 10.1. The molecule has 0 spiro atoms. The third kappa shape index (κ3) is 3.52. The van der Waals surface area contributed by atoms with Crippen LogP contribution in [0.2, 0.25) is 0 Å². The third-order valence-electron chi connectivity index (χ3n) is 5.51. The van der Waals surface area contributed by atoms with Crippen molar-refractivity contribution in [3.63, 3.8) is 0 Å². The first-order valence-corrected chi connectivity index (χ1v) is 11.0. The van der Waals surface area contributed by atoms with Gasteiger partial charge < -0.3 is 18.9 Å². The van der Waals surface area contributed by atoms with Crippen molar-refractivity contribution >= 4 is 17.7 Å². The Balaban J connectivity index is 1.33. The average molecular weight is 423 g/mol. The minimum absolute atomic E-state index is 0.0164. The number of carbonyl (C=O) groups excluding carboxylic acids is 1. The van der Waals surface area contributed by atoms with Crippen LogP contribution in [0.1, 0.15) is 40.6 Å². The summed E-state index contributed by atoms with van der Waals surface area (Å²) >= 11 is 1.65. The van der Waals surface area contributed by atoms with Crippen LogP contribution in [0, 0.1) is 0 Å². The molecule has 0 aliphatic carbocycles. The predicted molar refractivity (Wildman–Crippen MR) is 113 cm³/mol. The zero-order chi connectivity index (χ0) is 20.5. The van der Waals surface area contributed by atoms with Gasteiger partial charge in [0.1, 0.15) is 0 Å². The molecule has 0 bridgehead atoms. The third-order valence-corrected chi connectivity index (χ3v) is 6.60. The van der Waals surface area contributed by atoms with Gasteiger partial charge in [0.25, 0.3) is 5.91 Å². The van der Waals surface area contributed by atoms with E-state index in [2.05, 4.69) is 22.3 Å². The number of benzene rings is 2. The number of hydrogen-bond acceptors (Lipinski definition) is 6. The summed E-state index contributed by atoms with van der Waals surface area (Å²) < 4.78 is 12.8. The second kappa shape index (κ2) is 8.02. The zero-order valence-electron chi connectivity index (χ0n) is 16.7. The number of amides is 1. The number of fused-ring (bicyclic) bond motifs is 1. The maximum absolute atomic E-state index is 13.2. The molecular formula is C22H22N4O3S. The van der Waals surface area contributed by atoms with Crippen LogP contribution in [0.4, 0.5) is 0 Å². The Morgan fingerprint density at radius 2 is 1.97 bits per heavy atom. The number of ether oxygens (including phenoxy) is 2. The van der Waals surface area contributed by atoms with E-state index in [1.54, 1.807) is 30.0 Å². The topological polar surface area (TPSA) is 69.5 Å². The summed E-state index contributed by atoms with van der Waals surface area (Å²) in [6.45, 7) is 0.902. The molecule has 30 heavy (non-hydrogen) atoms. The van der Waals surface area contributed by atoms with Gasteiger partial charge in [0.15, 0.2) is 22.5 Å². The number of nitrogens with zero attached hydrogens (tertiary/aromatic N) is 4. The lowest BCUT2D eigenvalue weighted by Crippen LogP contribution is -2.31. The van der Waals surface area contributed by atoms with Crippen LogP contribution >= 0.6 is 11.8 Å². The molecule has 1 atom stereocenters. The van der Waals surface area contributed by atoms with E-state index in [0.29, 0.717) is 23.6 Å². The number of likely N-dealkylation sites (tertiary alicyclic amines) is 1. The molecular weight excluding hydrogens is 400 g/mol. The van der Waals surface area contributed by atoms with Crippen LogP contribution in [0.25, 0.3) is 0 Å². The average Bonchev–Trinajstić information content (AvgIpc) is 3.51. The molecule has 0 unspecified atom stereocenters. The molecule has 0 radical (unpaired) electrons. The van der Waals surface area contributed by atoms with Gasteiger partial charge in [-0.1, -0.05) is 42.1 Å². The van der Waals surface area contributed by atoms with Gasteiger partial charge in [0.2, 0.25) is 6.79 Å². The maximum atomic E-state index is 13.2. The normalized spacial score (nSPS) is 17.5. The SMILES string of the molecule is Cn1c(SCc2ccccc2)nnc1[C@@H]1CCCN1C(=O)c1ccc2c(c1)OCO2. The molecule has 0 saturated carbocycles. The van der Waals surface area contributed by atoms with E-state index >= 15 is 0 Å². The first-order valence-electron chi connectivity index (χ1n) is 9.97. The summed E-state index contributed by atoms with van der Waals surface area (Å²) in [4.78, 5) is 15.1. The summed E-state index contributed by atoms with van der Waals surface area (Å²) in [5.74, 6) is 2.94. The van der Waals surface area contributed by atoms with Crippen molar-refractivity contribution in [3.05, 3.63) is 65.5 Å². The first kappa shape index (κ1) is 19.0. The van der Waals surface area contributed by atoms with Crippen molar-refractivity contribution in [2.45, 2.75) is 29.8 Å². The molecule has 7 nitrogen and oxygen atoms in total. The Hall–Kier alpha value is -3.00. The molecule has 1 amide bonds. The van der Waals surface area contributed by atoms with E-state index in [-0.39, 0.29) is 18.7 Å². The second-order valence-corrected chi connectivity index (χ2v) is 8.34. The quantitative estimate of drug-likeness (QED) is 0.583. The van der Waals surface area contributed by atoms with Gasteiger partial charge in [-0.2, -0.15) is 0 Å². The molecule has 0 N–H and O–H groups in total. The fourth-order valence-corrected chi connectivity index (χ4v) is 4.81. The highest BCUT2D eigenvalue weighted by Crippen LogP contribution is 2.36. The Bertz CT molecular complexity index is 1070. The van der Waals surface area contributed by atoms with Gasteiger partial charge in [-0.15, -0.1) is 10.2 Å². The van der Waals surface area contributed by atoms with Crippen LogP contribution in [0.3, 0.4) is 0 Å². The highest BCUT2D eigenvalue weighted by Gasteiger charge is 2.34. The van der Waals surface area contributed by atoms with Crippen molar-refractivity contribution in [1.29, 1.82) is 0 Å². The fraction of sp³-hybridized carbons (Fsp3) is 0.318. The van der Waals surface area contributed by atoms with Crippen molar-refractivity contribution in [1.82, 2.24) is 19.7 Å². The summed E-state index contributed by atoms with van der Waals surface area (Å²) in [6.07, 6.45) is 1.83. The Labute approximate surface area is 179 Å². The number of hydrogen-bond donors (Lipinski definition) is 0. The van der Waals surface area contributed by atoms with Gasteiger partial charge in [0, 0.05) is 24.9 Å². The van der Waals surface area contributed by atoms with Crippen molar-refractivity contribution in [3.8, 4) is 11.5 Å². The van der Waals surface area contributed by atoms with Crippen molar-refractivity contribution < 1.29 is 14.3 Å². The smallest absolute Gasteiger partial charge is 0.254 e. The zero-order valence-corrected chi connectivity index (χ0v) is 17.5. The lowest BCUT2D eigenvalue weighted by Gasteiger charge is -2.24. The van der Waals surface area contributed by atoms with Crippen LogP contribution in [-0.2, 0) is 12.8 Å². The minimum Gasteiger partial charge on any atom is -0.454 e. The van der Waals surface area contributed by atoms with Gasteiger partial charge >= 0.3 is 0 Å². The van der Waals surface area contributed by atoms with E-state index in [0.717, 1.165) is 29.6 Å². The highest BCUT2D eigenvalue weighted by molar-refractivity contribution is 7.98. The van der Waals surface area contributed by atoms with E-state index in [9.17, 15) is 4.79 Å². The first-order chi connectivity index (χ1) is 14.7. The number of aromatic nitrogens is 3. The molecule has 8 heteroatoms.